The van der Waals surface area contributed by atoms with E-state index in [1.54, 1.807) is 0 Å². The van der Waals surface area contributed by atoms with E-state index >= 15 is 0 Å². The molecule has 0 radical (unpaired) electrons. The van der Waals surface area contributed by atoms with Crippen LogP contribution in [0.5, 0.6) is 6.01 Å². The van der Waals surface area contributed by atoms with E-state index < -0.39 is 10.0 Å². The summed E-state index contributed by atoms with van der Waals surface area (Å²) in [5, 5.41) is 16.5. The van der Waals surface area contributed by atoms with Crippen LogP contribution in [0.3, 0.4) is 0 Å². The van der Waals surface area contributed by atoms with E-state index in [0.717, 1.165) is 93.0 Å². The van der Waals surface area contributed by atoms with Gasteiger partial charge in [-0.3, -0.25) is 4.79 Å². The number of aromatic nitrogens is 8. The monoisotopic (exact) mass is 1010 g/mol. The number of hydrogen-bond donors (Lipinski definition) is 1. The quantitative estimate of drug-likeness (QED) is 0.0546. The van der Waals surface area contributed by atoms with Gasteiger partial charge in [-0.25, -0.2) is 23.2 Å². The molecule has 8 rings (SSSR count). The maximum Gasteiger partial charge on any atom is 1.00 e. The Morgan fingerprint density at radius 3 is 1.88 bits per heavy atom. The molecule has 1 aliphatic carbocycles. The van der Waals surface area contributed by atoms with Crippen LogP contribution in [0.25, 0.3) is 0 Å². The number of piperidine rings is 2. The standard InChI is InChI=1S/C21H31N5O2.C14H25N3O.C8H11N3O3S.CH2O3.2K.H2.H/c1-15(2)19-24-21(28-25-19)26-11-9-16(10-12-26)6-5-13-27-20-22-14-17-7-3-4-8-18(17)23-20;1-4-5-6-12-7-9-17(10-8-12)14-15-13(11(2)3)16-18-14;1-15(13,14)11-3-2-7-6(5-11)4-9-8(12)10-7;2-1-4-3;;;;/h14-16H,3-13H2,1-2H3;11-12H,4-10H2,1-3H3;4H,2-3,5H2,1H3,(H,9,10,12);1,3H;;;1H;/q;;;;2*+1;;-1/p-1/i;;;;;;1+1;. The summed E-state index contributed by atoms with van der Waals surface area (Å²) < 4.78 is 40.5. The van der Waals surface area contributed by atoms with Crippen molar-refractivity contribution in [2.45, 2.75) is 143 Å². The van der Waals surface area contributed by atoms with E-state index in [0.29, 0.717) is 49.4 Å². The number of aromatic amines is 1. The molecule has 67 heavy (non-hydrogen) atoms. The average Bonchev–Trinajstić information content (AvgIpc) is 4.03. The van der Waals surface area contributed by atoms with Gasteiger partial charge in [0.1, 0.15) is 0 Å². The Labute approximate surface area is 483 Å². The Morgan fingerprint density at radius 2 is 1.37 bits per heavy atom. The van der Waals surface area contributed by atoms with Gasteiger partial charge in [0.05, 0.1) is 18.6 Å². The van der Waals surface area contributed by atoms with Crippen LogP contribution in [-0.2, 0) is 45.5 Å². The average molecular weight is 1010 g/mol. The third kappa shape index (κ3) is 19.8. The van der Waals surface area contributed by atoms with Gasteiger partial charge in [0.15, 0.2) is 11.6 Å². The fraction of sp³-hybridized carbons (Fsp3) is 0.705. The number of ether oxygens (including phenoxy) is 1. The van der Waals surface area contributed by atoms with Crippen LogP contribution in [0.1, 0.15) is 154 Å². The van der Waals surface area contributed by atoms with Crippen molar-refractivity contribution in [3.05, 3.63) is 57.0 Å². The molecule has 2 saturated heterocycles. The van der Waals surface area contributed by atoms with Crippen molar-refractivity contribution in [3.63, 3.8) is 0 Å². The van der Waals surface area contributed by atoms with E-state index in [4.69, 9.17) is 23.8 Å². The largest absolute Gasteiger partial charge is 1.00 e. The molecule has 0 spiro atoms. The fourth-order valence-corrected chi connectivity index (χ4v) is 8.96. The second-order valence-corrected chi connectivity index (χ2v) is 19.7. The van der Waals surface area contributed by atoms with Gasteiger partial charge in [-0.2, -0.15) is 19.3 Å². The Morgan fingerprint density at radius 1 is 0.836 bits per heavy atom. The molecule has 0 atom stereocenters. The van der Waals surface area contributed by atoms with Crippen molar-refractivity contribution in [2.75, 3.05) is 55.4 Å². The molecule has 0 unspecified atom stereocenters. The summed E-state index contributed by atoms with van der Waals surface area (Å²) in [5.74, 6) is 3.88. The van der Waals surface area contributed by atoms with Crippen molar-refractivity contribution in [1.82, 2.24) is 44.5 Å². The summed E-state index contributed by atoms with van der Waals surface area (Å²) in [7, 11) is -3.17. The number of rotatable bonds is 14. The SMILES string of the molecule is CC(C)c1noc(N2CCC(CCCOc3ncc4c(n3)CCCC4)CC2)n1.CCCCC1CCN(c2nc(C(C)C)no2)CC1.CS(=O)(=O)N1CCc2[nH]c(=O)ncc2C1.O=CO[O-].[2HH].[H-].[K+].[K+]. The van der Waals surface area contributed by atoms with Gasteiger partial charge in [0.2, 0.25) is 10.0 Å². The van der Waals surface area contributed by atoms with Gasteiger partial charge in [-0.1, -0.05) is 64.2 Å². The number of carbonyl (C=O) groups excluding carboxylic acids is 1. The molecule has 3 aliphatic heterocycles. The van der Waals surface area contributed by atoms with Crippen LogP contribution in [0.2, 0.25) is 0 Å². The van der Waals surface area contributed by atoms with Gasteiger partial charge in [0, 0.05) is 82.6 Å². The number of sulfonamides is 1. The van der Waals surface area contributed by atoms with Crippen molar-refractivity contribution < 1.29 is 143 Å². The van der Waals surface area contributed by atoms with Crippen LogP contribution in [0.4, 0.5) is 12.0 Å². The summed E-state index contributed by atoms with van der Waals surface area (Å²) in [4.78, 5) is 50.8. The number of anilines is 2. The van der Waals surface area contributed by atoms with E-state index in [-0.39, 0.29) is 124 Å². The van der Waals surface area contributed by atoms with Crippen LogP contribution in [0, 0.1) is 11.8 Å². The molecule has 23 heteroatoms. The molecule has 4 aromatic rings. The van der Waals surface area contributed by atoms with Crippen LogP contribution < -0.4 is 128 Å². The first-order valence-corrected chi connectivity index (χ1v) is 25.0. The number of fused-ring (bicyclic) bond motifs is 2. The Bertz CT molecular complexity index is 2220. The van der Waals surface area contributed by atoms with Gasteiger partial charge in [-0.15, -0.1) is 0 Å². The molecule has 0 amide bonds. The van der Waals surface area contributed by atoms with Gasteiger partial charge in [0.25, 0.3) is 6.47 Å². The van der Waals surface area contributed by atoms with Crippen LogP contribution >= 0.6 is 0 Å². The topological polar surface area (TPSA) is 252 Å². The Kier molecular flexibility index (Phi) is 27.4. The molecule has 20 nitrogen and oxygen atoms in total. The smallest absolute Gasteiger partial charge is 1.00 e. The normalized spacial score (nSPS) is 16.4. The fourth-order valence-electron chi connectivity index (χ4n) is 8.16. The minimum atomic E-state index is -3.17. The predicted molar refractivity (Wildman–Crippen MR) is 244 cm³/mol. The van der Waals surface area contributed by atoms with E-state index in [2.05, 4.69) is 89.5 Å². The van der Waals surface area contributed by atoms with E-state index in [9.17, 15) is 13.2 Å². The van der Waals surface area contributed by atoms with E-state index in [1.165, 1.54) is 79.4 Å². The summed E-state index contributed by atoms with van der Waals surface area (Å²) in [6.07, 6.45) is 20.9. The van der Waals surface area contributed by atoms with Gasteiger partial charge < -0.3 is 40.1 Å². The van der Waals surface area contributed by atoms with Gasteiger partial charge >= 0.3 is 126 Å². The maximum absolute atomic E-state index is 11.3. The maximum atomic E-state index is 11.3. The first kappa shape index (κ1) is 59.6. The zero-order chi connectivity index (χ0) is 46.8. The first-order valence-electron chi connectivity index (χ1n) is 23.2. The van der Waals surface area contributed by atoms with Crippen LogP contribution in [-0.4, -0.2) is 105 Å². The molecule has 0 aromatic carbocycles. The Balaban J connectivity index is 0.000000508. The zero-order valence-corrected chi connectivity index (χ0v) is 48.0. The third-order valence-electron chi connectivity index (χ3n) is 12.1. The molecule has 364 valence electrons. The molecule has 2 fully saturated rings. The van der Waals surface area contributed by atoms with Crippen molar-refractivity contribution >= 4 is 28.5 Å². The van der Waals surface area contributed by atoms with Gasteiger partial charge in [-0.05, 0) is 81.6 Å². The molecule has 0 saturated carbocycles. The number of hydrogen-bond acceptors (Lipinski definition) is 18. The predicted octanol–water partition coefficient (Wildman–Crippen LogP) is -0.574. The minimum Gasteiger partial charge on any atom is -1.00 e. The number of unbranched alkanes of at least 4 members (excludes halogenated alkanes) is 1. The van der Waals surface area contributed by atoms with E-state index in [1.807, 2.05) is 6.20 Å². The molecule has 1 N–H and O–H groups in total. The number of nitrogens with zero attached hydrogens (tertiary/aromatic N) is 10. The summed E-state index contributed by atoms with van der Waals surface area (Å²) in [6.45, 7) is 15.9. The molecule has 4 aliphatic rings. The summed E-state index contributed by atoms with van der Waals surface area (Å²) in [5.41, 5.74) is 3.65. The molecular weight excluding hydrogens is 937 g/mol. The number of H-pyrrole nitrogens is 1. The van der Waals surface area contributed by atoms with Crippen molar-refractivity contribution in [2.24, 2.45) is 11.8 Å². The molecule has 7 heterocycles. The zero-order valence-electron chi connectivity index (χ0n) is 41.9. The van der Waals surface area contributed by atoms with Crippen molar-refractivity contribution in [3.8, 4) is 6.01 Å². The van der Waals surface area contributed by atoms with Crippen LogP contribution in [0.15, 0.2) is 26.2 Å². The van der Waals surface area contributed by atoms with Crippen molar-refractivity contribution in [1.29, 1.82) is 0 Å². The second kappa shape index (κ2) is 30.9. The molecule has 4 aromatic heterocycles. The number of carbonyl (C=O) groups is 1. The molecular formula is C44H71K2N11O9S. The third-order valence-corrected chi connectivity index (χ3v) is 13.4. The second-order valence-electron chi connectivity index (χ2n) is 17.7. The molecule has 0 bridgehead atoms. The number of aryl methyl sites for hydroxylation is 2. The minimum absolute atomic E-state index is 0. The first-order chi connectivity index (χ1) is 31.3. The summed E-state index contributed by atoms with van der Waals surface area (Å²) >= 11 is 0. The number of nitrogens with one attached hydrogen (secondary N) is 1. The Hall–Kier alpha value is -1.75. The summed E-state index contributed by atoms with van der Waals surface area (Å²) in [6, 6.07) is 1.94.